The van der Waals surface area contributed by atoms with Gasteiger partial charge in [0.2, 0.25) is 0 Å². The van der Waals surface area contributed by atoms with Crippen molar-refractivity contribution in [1.29, 1.82) is 0 Å². The van der Waals surface area contributed by atoms with Crippen LogP contribution in [-0.4, -0.2) is 15.0 Å². The van der Waals surface area contributed by atoms with E-state index in [-0.39, 0.29) is 0 Å². The summed E-state index contributed by atoms with van der Waals surface area (Å²) in [7, 11) is 0. The second-order valence-electron chi connectivity index (χ2n) is 14.8. The lowest BCUT2D eigenvalue weighted by molar-refractivity contribution is 0.668. The zero-order valence-corrected chi connectivity index (χ0v) is 31.1. The van der Waals surface area contributed by atoms with E-state index in [1.807, 2.05) is 54.6 Å². The minimum Gasteiger partial charge on any atom is -0.456 e. The van der Waals surface area contributed by atoms with Gasteiger partial charge in [-0.1, -0.05) is 146 Å². The largest absolute Gasteiger partial charge is 0.456 e. The van der Waals surface area contributed by atoms with E-state index >= 15 is 0 Å². The number of rotatable bonds is 5. The van der Waals surface area contributed by atoms with Gasteiger partial charge in [-0.05, 0) is 86.3 Å². The summed E-state index contributed by atoms with van der Waals surface area (Å²) < 4.78 is 12.7. The van der Waals surface area contributed by atoms with Crippen LogP contribution in [0.1, 0.15) is 0 Å². The smallest absolute Gasteiger partial charge is 0.164 e. The maximum absolute atomic E-state index is 6.45. The molecule has 58 heavy (non-hydrogen) atoms. The standard InChI is InChI=1S/C53H31N3O2/c1-2-10-35(11-3-1)51-54-52(56-53(55-51)39-25-27-43-42-13-6-7-15-46(42)58-49(43)31-39)36-22-19-33(20-23-36)41-14-8-16-48-50(41)45-30-38(26-28-47(45)57-48)37-24-21-34-18-17-32-9-4-5-12-40(32)44(34)29-37/h1-31H. The average Bonchev–Trinajstić information content (AvgIpc) is 3.87. The first kappa shape index (κ1) is 32.4. The van der Waals surface area contributed by atoms with Crippen molar-refractivity contribution in [3.63, 3.8) is 0 Å². The average molecular weight is 742 g/mol. The number of aromatic nitrogens is 3. The molecule has 5 nitrogen and oxygen atoms in total. The van der Waals surface area contributed by atoms with Crippen LogP contribution in [0.15, 0.2) is 197 Å². The molecule has 0 aliphatic heterocycles. The molecule has 0 amide bonds. The van der Waals surface area contributed by atoms with Crippen molar-refractivity contribution in [1.82, 2.24) is 15.0 Å². The van der Waals surface area contributed by atoms with Crippen LogP contribution in [0.5, 0.6) is 0 Å². The van der Waals surface area contributed by atoms with Crippen molar-refractivity contribution in [3.8, 4) is 56.4 Å². The fourth-order valence-electron chi connectivity index (χ4n) is 8.44. The summed E-state index contributed by atoms with van der Waals surface area (Å²) in [6.45, 7) is 0. The zero-order valence-electron chi connectivity index (χ0n) is 31.1. The Labute approximate surface area is 332 Å². The molecule has 0 N–H and O–H groups in total. The van der Waals surface area contributed by atoms with E-state index in [2.05, 4.69) is 133 Å². The fraction of sp³-hybridized carbons (Fsp3) is 0. The molecule has 0 aliphatic carbocycles. The van der Waals surface area contributed by atoms with Crippen LogP contribution >= 0.6 is 0 Å². The lowest BCUT2D eigenvalue weighted by Gasteiger charge is -2.10. The summed E-state index contributed by atoms with van der Waals surface area (Å²) in [4.78, 5) is 15.0. The molecule has 0 saturated carbocycles. The Morgan fingerprint density at radius 1 is 0.276 bits per heavy atom. The molecule has 12 aromatic rings. The molecule has 0 bridgehead atoms. The van der Waals surface area contributed by atoms with E-state index in [4.69, 9.17) is 23.8 Å². The van der Waals surface area contributed by atoms with E-state index < -0.39 is 0 Å². The molecule has 12 rings (SSSR count). The Morgan fingerprint density at radius 3 is 1.64 bits per heavy atom. The minimum absolute atomic E-state index is 0.584. The van der Waals surface area contributed by atoms with E-state index in [1.165, 1.54) is 27.1 Å². The van der Waals surface area contributed by atoms with Gasteiger partial charge in [-0.15, -0.1) is 0 Å². The highest BCUT2D eigenvalue weighted by Gasteiger charge is 2.17. The number of nitrogens with zero attached hydrogens (tertiary/aromatic N) is 3. The molecular formula is C53H31N3O2. The van der Waals surface area contributed by atoms with Crippen molar-refractivity contribution in [2.24, 2.45) is 0 Å². The van der Waals surface area contributed by atoms with Crippen LogP contribution in [0, 0.1) is 0 Å². The number of para-hydroxylation sites is 1. The van der Waals surface area contributed by atoms with Gasteiger partial charge in [0, 0.05) is 38.2 Å². The third-order valence-corrected chi connectivity index (χ3v) is 11.3. The van der Waals surface area contributed by atoms with Crippen molar-refractivity contribution >= 4 is 65.4 Å². The summed E-state index contributed by atoms with van der Waals surface area (Å²) >= 11 is 0. The molecule has 0 saturated heterocycles. The van der Waals surface area contributed by atoms with Gasteiger partial charge in [0.15, 0.2) is 17.5 Å². The third-order valence-electron chi connectivity index (χ3n) is 11.3. The highest BCUT2D eigenvalue weighted by atomic mass is 16.3. The van der Waals surface area contributed by atoms with Gasteiger partial charge in [-0.2, -0.15) is 0 Å². The van der Waals surface area contributed by atoms with Crippen molar-refractivity contribution in [2.75, 3.05) is 0 Å². The lowest BCUT2D eigenvalue weighted by Crippen LogP contribution is -2.00. The molecule has 0 aliphatic rings. The molecule has 9 aromatic carbocycles. The minimum atomic E-state index is 0.584. The summed E-state index contributed by atoms with van der Waals surface area (Å²) in [5.74, 6) is 1.79. The number of hydrogen-bond donors (Lipinski definition) is 0. The molecule has 0 spiro atoms. The maximum atomic E-state index is 6.45. The predicted molar refractivity (Wildman–Crippen MR) is 237 cm³/mol. The Bertz CT molecular complexity index is 3570. The Balaban J connectivity index is 0.948. The van der Waals surface area contributed by atoms with E-state index in [0.29, 0.717) is 17.5 Å². The van der Waals surface area contributed by atoms with E-state index in [1.54, 1.807) is 0 Å². The predicted octanol–water partition coefficient (Wildman–Crippen LogP) is 14.3. The van der Waals surface area contributed by atoms with Crippen LogP contribution in [0.4, 0.5) is 0 Å². The molecule has 3 heterocycles. The van der Waals surface area contributed by atoms with Crippen molar-refractivity contribution < 1.29 is 8.83 Å². The quantitative estimate of drug-likeness (QED) is 0.164. The summed E-state index contributed by atoms with van der Waals surface area (Å²) in [5, 5.41) is 9.31. The Morgan fingerprint density at radius 2 is 0.810 bits per heavy atom. The number of hydrogen-bond acceptors (Lipinski definition) is 5. The number of benzene rings is 9. The molecule has 0 radical (unpaired) electrons. The highest BCUT2D eigenvalue weighted by molar-refractivity contribution is 6.14. The van der Waals surface area contributed by atoms with Gasteiger partial charge in [0.25, 0.3) is 0 Å². The van der Waals surface area contributed by atoms with Gasteiger partial charge < -0.3 is 8.83 Å². The molecule has 5 heteroatoms. The number of furan rings is 2. The Hall–Kier alpha value is -7.89. The molecule has 0 unspecified atom stereocenters. The first-order valence-electron chi connectivity index (χ1n) is 19.4. The maximum Gasteiger partial charge on any atom is 0.164 e. The summed E-state index contributed by atoms with van der Waals surface area (Å²) in [6.07, 6.45) is 0. The van der Waals surface area contributed by atoms with Crippen LogP contribution in [-0.2, 0) is 0 Å². The molecule has 3 aromatic heterocycles. The molecule has 0 atom stereocenters. The first-order chi connectivity index (χ1) is 28.7. The summed E-state index contributed by atoms with van der Waals surface area (Å²) in [5.41, 5.74) is 10.5. The van der Waals surface area contributed by atoms with Crippen LogP contribution in [0.2, 0.25) is 0 Å². The zero-order chi connectivity index (χ0) is 38.2. The van der Waals surface area contributed by atoms with Crippen LogP contribution < -0.4 is 0 Å². The highest BCUT2D eigenvalue weighted by Crippen LogP contribution is 2.40. The van der Waals surface area contributed by atoms with Gasteiger partial charge in [-0.3, -0.25) is 0 Å². The third kappa shape index (κ3) is 5.29. The van der Waals surface area contributed by atoms with Crippen LogP contribution in [0.3, 0.4) is 0 Å². The van der Waals surface area contributed by atoms with Crippen molar-refractivity contribution in [3.05, 3.63) is 188 Å². The molecular weight excluding hydrogens is 711 g/mol. The van der Waals surface area contributed by atoms with Crippen LogP contribution in [0.25, 0.3) is 122 Å². The lowest BCUT2D eigenvalue weighted by atomic mass is 9.95. The van der Waals surface area contributed by atoms with E-state index in [0.717, 1.165) is 77.3 Å². The van der Waals surface area contributed by atoms with Gasteiger partial charge in [0.1, 0.15) is 22.3 Å². The normalized spacial score (nSPS) is 11.8. The van der Waals surface area contributed by atoms with Gasteiger partial charge in [0.05, 0.1) is 0 Å². The second-order valence-corrected chi connectivity index (χ2v) is 14.8. The first-order valence-corrected chi connectivity index (χ1v) is 19.4. The summed E-state index contributed by atoms with van der Waals surface area (Å²) in [6, 6.07) is 65.3. The topological polar surface area (TPSA) is 65.0 Å². The van der Waals surface area contributed by atoms with Gasteiger partial charge in [-0.25, -0.2) is 15.0 Å². The Kier molecular flexibility index (Phi) is 7.16. The fourth-order valence-corrected chi connectivity index (χ4v) is 8.44. The SMILES string of the molecule is c1ccc(-c2nc(-c3ccc(-c4cccc5oc6ccc(-c7ccc8ccc9ccccc9c8c7)cc6c45)cc3)nc(-c3ccc4c(c3)oc3ccccc34)n2)cc1. The van der Waals surface area contributed by atoms with E-state index in [9.17, 15) is 0 Å². The molecule has 270 valence electrons. The monoisotopic (exact) mass is 741 g/mol. The van der Waals surface area contributed by atoms with Crippen molar-refractivity contribution in [2.45, 2.75) is 0 Å². The molecule has 0 fully saturated rings. The second kappa shape index (κ2) is 12.8. The number of fused-ring (bicyclic) bond motifs is 9. The van der Waals surface area contributed by atoms with Gasteiger partial charge >= 0.3 is 0 Å².